The number of hydrogen-bond donors (Lipinski definition) is 1. The highest BCUT2D eigenvalue weighted by molar-refractivity contribution is 7.90. The largest absolute Gasteiger partial charge is 0.309 e. The number of rotatable bonds is 6. The Morgan fingerprint density at radius 3 is 2.54 bits per heavy atom. The second kappa shape index (κ2) is 6.61. The second-order valence-electron chi connectivity index (χ2n) is 5.59. The smallest absolute Gasteiger partial charge is 0.268 e. The van der Waals surface area contributed by atoms with Gasteiger partial charge in [0.1, 0.15) is 0 Å². The van der Waals surface area contributed by atoms with Crippen LogP contribution in [0.4, 0.5) is 0 Å². The quantitative estimate of drug-likeness (QED) is 0.689. The average Bonchev–Trinajstić information content (AvgIpc) is 3.02. The molecule has 0 saturated heterocycles. The van der Waals surface area contributed by atoms with Gasteiger partial charge < -0.3 is 5.41 Å². The molecule has 3 aromatic rings. The summed E-state index contributed by atoms with van der Waals surface area (Å²) in [4.78, 5) is 0.264. The summed E-state index contributed by atoms with van der Waals surface area (Å²) in [7, 11) is -3.62. The Kier molecular flexibility index (Phi) is 4.53. The first kappa shape index (κ1) is 16.5. The van der Waals surface area contributed by atoms with Crippen LogP contribution >= 0.6 is 0 Å². The molecule has 1 aromatic heterocycles. The fourth-order valence-corrected chi connectivity index (χ4v) is 4.17. The van der Waals surface area contributed by atoms with Gasteiger partial charge in [0.2, 0.25) is 0 Å². The fraction of sp³-hybridized carbons (Fsp3) is 0.158. The summed E-state index contributed by atoms with van der Waals surface area (Å²) in [5, 5.41) is 8.85. The minimum Gasteiger partial charge on any atom is -0.309 e. The van der Waals surface area contributed by atoms with E-state index < -0.39 is 10.0 Å². The van der Waals surface area contributed by atoms with Crippen LogP contribution in [0.3, 0.4) is 0 Å². The Bertz CT molecular complexity index is 973. The summed E-state index contributed by atoms with van der Waals surface area (Å²) in [6.07, 6.45) is 4.78. The van der Waals surface area contributed by atoms with E-state index in [2.05, 4.69) is 0 Å². The van der Waals surface area contributed by atoms with E-state index in [1.165, 1.54) is 3.97 Å². The van der Waals surface area contributed by atoms with Crippen molar-refractivity contribution in [2.45, 2.75) is 24.7 Å². The number of benzene rings is 2. The molecule has 0 atom stereocenters. The highest BCUT2D eigenvalue weighted by Crippen LogP contribution is 2.25. The molecule has 0 aliphatic heterocycles. The van der Waals surface area contributed by atoms with Gasteiger partial charge in [-0.3, -0.25) is 0 Å². The van der Waals surface area contributed by atoms with Gasteiger partial charge in [0, 0.05) is 30.1 Å². The van der Waals surface area contributed by atoms with Crippen LogP contribution in [0.15, 0.2) is 65.7 Å². The molecule has 24 heavy (non-hydrogen) atoms. The molecule has 2 aromatic carbocycles. The van der Waals surface area contributed by atoms with Crippen LogP contribution in [-0.2, 0) is 16.4 Å². The Balaban J connectivity index is 2.08. The molecule has 4 nitrogen and oxygen atoms in total. The van der Waals surface area contributed by atoms with Gasteiger partial charge in [-0.2, -0.15) is 0 Å². The lowest BCUT2D eigenvalue weighted by molar-refractivity contribution is 0.589. The van der Waals surface area contributed by atoms with Crippen molar-refractivity contribution in [3.63, 3.8) is 0 Å². The molecule has 0 aliphatic carbocycles. The Morgan fingerprint density at radius 1 is 1.08 bits per heavy atom. The molecule has 0 saturated carbocycles. The van der Waals surface area contributed by atoms with E-state index >= 15 is 0 Å². The van der Waals surface area contributed by atoms with Gasteiger partial charge in [0.05, 0.1) is 10.4 Å². The molecule has 5 heteroatoms. The highest BCUT2D eigenvalue weighted by Gasteiger charge is 2.19. The van der Waals surface area contributed by atoms with Gasteiger partial charge in [-0.15, -0.1) is 0 Å². The lowest BCUT2D eigenvalue weighted by atomic mass is 10.0. The van der Waals surface area contributed by atoms with E-state index in [0.29, 0.717) is 17.6 Å². The van der Waals surface area contributed by atoms with Crippen molar-refractivity contribution >= 4 is 26.6 Å². The molecule has 0 aliphatic rings. The van der Waals surface area contributed by atoms with Gasteiger partial charge in [0.15, 0.2) is 0 Å². The lowest BCUT2D eigenvalue weighted by Gasteiger charge is -2.09. The molecule has 0 spiro atoms. The number of fused-ring (bicyclic) bond motifs is 1. The molecule has 0 bridgehead atoms. The zero-order valence-electron chi connectivity index (χ0n) is 13.4. The monoisotopic (exact) mass is 339 g/mol. The number of hydrogen-bond acceptors (Lipinski definition) is 3. The molecule has 0 fully saturated rings. The normalized spacial score (nSPS) is 11.7. The molecule has 0 amide bonds. The van der Waals surface area contributed by atoms with E-state index in [9.17, 15) is 8.42 Å². The van der Waals surface area contributed by atoms with Crippen LogP contribution in [0.5, 0.6) is 0 Å². The average molecular weight is 339 g/mol. The van der Waals surface area contributed by atoms with Gasteiger partial charge in [-0.05, 0) is 36.2 Å². The summed E-state index contributed by atoms with van der Waals surface area (Å²) in [5.41, 5.74) is 2.15. The highest BCUT2D eigenvalue weighted by atomic mass is 32.2. The number of nitrogens with zero attached hydrogens (tertiary/aromatic N) is 1. The molecular weight excluding hydrogens is 320 g/mol. The summed E-state index contributed by atoms with van der Waals surface area (Å²) in [6, 6.07) is 15.8. The van der Waals surface area contributed by atoms with Gasteiger partial charge in [0.25, 0.3) is 10.0 Å². The van der Waals surface area contributed by atoms with Crippen molar-refractivity contribution in [2.24, 2.45) is 0 Å². The van der Waals surface area contributed by atoms with Crippen molar-refractivity contribution in [1.29, 1.82) is 5.41 Å². The van der Waals surface area contributed by atoms with Crippen molar-refractivity contribution in [3.05, 3.63) is 72.8 Å². The topological polar surface area (TPSA) is 62.9 Å². The van der Waals surface area contributed by atoms with Crippen molar-refractivity contribution in [1.82, 2.24) is 3.97 Å². The van der Waals surface area contributed by atoms with Crippen LogP contribution in [0.1, 0.15) is 18.9 Å². The molecule has 3 rings (SSSR count). The van der Waals surface area contributed by atoms with E-state index in [1.807, 2.05) is 31.5 Å². The lowest BCUT2D eigenvalue weighted by Crippen LogP contribution is -2.11. The summed E-state index contributed by atoms with van der Waals surface area (Å²) in [5.74, 6) is 0. The van der Waals surface area contributed by atoms with Crippen LogP contribution < -0.4 is 0 Å². The maximum atomic E-state index is 12.9. The predicted octanol–water partition coefficient (Wildman–Crippen LogP) is 4.05. The fourth-order valence-electron chi connectivity index (χ4n) is 2.80. The van der Waals surface area contributed by atoms with Crippen molar-refractivity contribution in [3.8, 4) is 0 Å². The second-order valence-corrected chi connectivity index (χ2v) is 7.41. The van der Waals surface area contributed by atoms with Gasteiger partial charge in [-0.25, -0.2) is 12.4 Å². The first-order chi connectivity index (χ1) is 11.5. The zero-order valence-corrected chi connectivity index (χ0v) is 14.3. The van der Waals surface area contributed by atoms with E-state index in [1.54, 1.807) is 42.6 Å². The standard InChI is InChI=1S/C19H19N2O2S/c1-2-7-16(20)14-15-8-6-11-19-18(15)12-13-21(19)24(22,23)17-9-4-3-5-10-17/h3-13,20H,2,14H2,1H3. The van der Waals surface area contributed by atoms with Crippen molar-refractivity contribution < 1.29 is 8.42 Å². The number of nitrogens with one attached hydrogen (secondary N) is 1. The number of aromatic nitrogens is 1. The molecule has 123 valence electrons. The Hall–Kier alpha value is -2.40. The van der Waals surface area contributed by atoms with Crippen LogP contribution in [0, 0.1) is 11.8 Å². The molecule has 1 N–H and O–H groups in total. The van der Waals surface area contributed by atoms with E-state index in [0.717, 1.165) is 17.4 Å². The summed E-state index contributed by atoms with van der Waals surface area (Å²) >= 11 is 0. The molecule has 0 unspecified atom stereocenters. The molecular formula is C19H19N2O2S. The van der Waals surface area contributed by atoms with E-state index in [4.69, 9.17) is 5.41 Å². The molecule has 1 radical (unpaired) electrons. The van der Waals surface area contributed by atoms with Crippen LogP contribution in [0.2, 0.25) is 0 Å². The Labute approximate surface area is 142 Å². The zero-order chi connectivity index (χ0) is 17.2. The van der Waals surface area contributed by atoms with Crippen LogP contribution in [0.25, 0.3) is 10.9 Å². The minimum atomic E-state index is -3.62. The van der Waals surface area contributed by atoms with Crippen molar-refractivity contribution in [2.75, 3.05) is 0 Å². The summed E-state index contributed by atoms with van der Waals surface area (Å²) in [6.45, 7) is 2.00. The third-order valence-corrected chi connectivity index (χ3v) is 5.62. The first-order valence-corrected chi connectivity index (χ1v) is 9.28. The predicted molar refractivity (Wildman–Crippen MR) is 97.0 cm³/mol. The maximum Gasteiger partial charge on any atom is 0.268 e. The summed E-state index contributed by atoms with van der Waals surface area (Å²) < 4.78 is 27.0. The minimum absolute atomic E-state index is 0.264. The molecule has 1 heterocycles. The third-order valence-electron chi connectivity index (χ3n) is 3.92. The first-order valence-electron chi connectivity index (χ1n) is 7.84. The van der Waals surface area contributed by atoms with Crippen LogP contribution in [-0.4, -0.2) is 18.1 Å². The van der Waals surface area contributed by atoms with Gasteiger partial charge >= 0.3 is 0 Å². The van der Waals surface area contributed by atoms with Gasteiger partial charge in [-0.1, -0.05) is 37.3 Å². The maximum absolute atomic E-state index is 12.9. The third kappa shape index (κ3) is 2.99. The van der Waals surface area contributed by atoms with E-state index in [-0.39, 0.29) is 4.90 Å². The SMILES string of the molecule is CC[CH]C(=N)Cc1cccc2c1ccn2S(=O)(=O)c1ccccc1. The Morgan fingerprint density at radius 2 is 1.83 bits per heavy atom.